The van der Waals surface area contributed by atoms with E-state index in [0.717, 1.165) is 50.3 Å². The topological polar surface area (TPSA) is 43.9 Å². The largest absolute Gasteiger partial charge is 0.368 e. The summed E-state index contributed by atoms with van der Waals surface area (Å²) < 4.78 is 0. The summed E-state index contributed by atoms with van der Waals surface area (Å²) in [6.45, 7) is 5.47. The highest BCUT2D eigenvalue weighted by molar-refractivity contribution is 7.14. The lowest BCUT2D eigenvalue weighted by atomic mass is 9.87. The number of hydrogen-bond acceptors (Lipinski definition) is 4. The molecular formula is C23H29N3O2S. The Hall–Kier alpha value is -2.34. The molecule has 6 heteroatoms. The Balaban J connectivity index is 1.38. The highest BCUT2D eigenvalue weighted by Crippen LogP contribution is 2.34. The molecule has 0 unspecified atom stereocenters. The number of aryl methyl sites for hydroxylation is 2. The Morgan fingerprint density at radius 3 is 2.52 bits per heavy atom. The number of carbonyl (C=O) groups excluding carboxylic acids is 2. The third-order valence-corrected chi connectivity index (χ3v) is 7.32. The van der Waals surface area contributed by atoms with Gasteiger partial charge in [-0.05, 0) is 49.4 Å². The summed E-state index contributed by atoms with van der Waals surface area (Å²) in [6, 6.07) is 10.5. The third kappa shape index (κ3) is 4.04. The van der Waals surface area contributed by atoms with Gasteiger partial charge in [0, 0.05) is 56.8 Å². The van der Waals surface area contributed by atoms with Crippen LogP contribution in [-0.4, -0.2) is 61.9 Å². The average molecular weight is 412 g/mol. The number of benzene rings is 1. The minimum Gasteiger partial charge on any atom is -0.368 e. The lowest BCUT2D eigenvalue weighted by Crippen LogP contribution is -2.51. The van der Waals surface area contributed by atoms with Crippen molar-refractivity contribution in [2.75, 3.05) is 45.2 Å². The number of anilines is 1. The second-order valence-corrected chi connectivity index (χ2v) is 9.43. The lowest BCUT2D eigenvalue weighted by Gasteiger charge is -2.38. The summed E-state index contributed by atoms with van der Waals surface area (Å²) in [7, 11) is 3.56. The summed E-state index contributed by atoms with van der Waals surface area (Å²) in [5, 5.41) is 0. The van der Waals surface area contributed by atoms with Crippen molar-refractivity contribution < 1.29 is 9.59 Å². The maximum absolute atomic E-state index is 13.2. The van der Waals surface area contributed by atoms with Crippen LogP contribution < -0.4 is 4.90 Å². The van der Waals surface area contributed by atoms with Gasteiger partial charge in [0.1, 0.15) is 0 Å². The fourth-order valence-electron chi connectivity index (χ4n) is 4.40. The molecule has 29 heavy (non-hydrogen) atoms. The second kappa shape index (κ2) is 8.19. The van der Waals surface area contributed by atoms with E-state index >= 15 is 0 Å². The van der Waals surface area contributed by atoms with Crippen molar-refractivity contribution in [2.45, 2.75) is 26.2 Å². The maximum Gasteiger partial charge on any atom is 0.263 e. The van der Waals surface area contributed by atoms with E-state index in [1.807, 2.05) is 11.0 Å². The predicted molar refractivity (Wildman–Crippen MR) is 118 cm³/mol. The number of rotatable bonds is 3. The van der Waals surface area contributed by atoms with E-state index in [1.54, 1.807) is 30.3 Å². The van der Waals surface area contributed by atoms with Crippen LogP contribution >= 0.6 is 11.3 Å². The van der Waals surface area contributed by atoms with Crippen LogP contribution in [0.5, 0.6) is 0 Å². The van der Waals surface area contributed by atoms with Crippen LogP contribution in [-0.2, 0) is 17.6 Å². The first kappa shape index (κ1) is 20.0. The number of fused-ring (bicyclic) bond motifs is 1. The first-order chi connectivity index (χ1) is 13.9. The van der Waals surface area contributed by atoms with Crippen LogP contribution in [0.15, 0.2) is 30.3 Å². The second-order valence-electron chi connectivity index (χ2n) is 8.30. The molecule has 0 bridgehead atoms. The maximum atomic E-state index is 13.2. The van der Waals surface area contributed by atoms with Gasteiger partial charge in [-0.2, -0.15) is 0 Å². The molecule has 1 aliphatic carbocycles. The van der Waals surface area contributed by atoms with Crippen molar-refractivity contribution >= 4 is 28.8 Å². The number of carbonyl (C=O) groups is 2. The SMILES string of the molecule is Cc1ccccc1N1CCN(C(=O)[C@H]2CCc3sc(C(=O)N(C)C)cc3C2)CC1. The van der Waals surface area contributed by atoms with Gasteiger partial charge >= 0.3 is 0 Å². The Morgan fingerprint density at radius 1 is 1.10 bits per heavy atom. The van der Waals surface area contributed by atoms with Crippen LogP contribution in [0.1, 0.15) is 32.1 Å². The molecule has 1 fully saturated rings. The van der Waals surface area contributed by atoms with Crippen LogP contribution in [0.2, 0.25) is 0 Å². The van der Waals surface area contributed by atoms with E-state index in [2.05, 4.69) is 36.1 Å². The van der Waals surface area contributed by atoms with Gasteiger partial charge in [-0.15, -0.1) is 11.3 Å². The smallest absolute Gasteiger partial charge is 0.263 e. The van der Waals surface area contributed by atoms with Crippen molar-refractivity contribution in [3.63, 3.8) is 0 Å². The fourth-order valence-corrected chi connectivity index (χ4v) is 5.63. The number of amides is 2. The highest BCUT2D eigenvalue weighted by Gasteiger charge is 2.32. The molecule has 0 saturated carbocycles. The van der Waals surface area contributed by atoms with Crippen molar-refractivity contribution in [3.05, 3.63) is 51.2 Å². The molecule has 1 aromatic carbocycles. The Morgan fingerprint density at radius 2 is 1.83 bits per heavy atom. The Bertz CT molecular complexity index is 913. The zero-order valence-electron chi connectivity index (χ0n) is 17.5. The van der Waals surface area contributed by atoms with E-state index in [1.165, 1.54) is 21.7 Å². The molecule has 154 valence electrons. The molecule has 1 aliphatic heterocycles. The number of nitrogens with zero attached hydrogens (tertiary/aromatic N) is 3. The van der Waals surface area contributed by atoms with E-state index in [4.69, 9.17) is 0 Å². The first-order valence-corrected chi connectivity index (χ1v) is 11.2. The van der Waals surface area contributed by atoms with Crippen LogP contribution in [0, 0.1) is 12.8 Å². The van der Waals surface area contributed by atoms with Crippen LogP contribution in [0.25, 0.3) is 0 Å². The van der Waals surface area contributed by atoms with E-state index in [9.17, 15) is 9.59 Å². The minimum atomic E-state index is 0.0458. The molecule has 2 heterocycles. The van der Waals surface area contributed by atoms with Gasteiger partial charge in [-0.3, -0.25) is 9.59 Å². The summed E-state index contributed by atoms with van der Waals surface area (Å²) in [5.41, 5.74) is 3.76. The number of para-hydroxylation sites is 1. The van der Waals surface area contributed by atoms with E-state index in [0.29, 0.717) is 0 Å². The van der Waals surface area contributed by atoms with Gasteiger partial charge in [-0.1, -0.05) is 18.2 Å². The van der Waals surface area contributed by atoms with Crippen molar-refractivity contribution in [3.8, 4) is 0 Å². The van der Waals surface area contributed by atoms with E-state index < -0.39 is 0 Å². The Labute approximate surface area is 176 Å². The van der Waals surface area contributed by atoms with Gasteiger partial charge in [0.25, 0.3) is 5.91 Å². The number of hydrogen-bond donors (Lipinski definition) is 0. The zero-order chi connectivity index (χ0) is 20.5. The van der Waals surface area contributed by atoms with E-state index in [-0.39, 0.29) is 17.7 Å². The fraction of sp³-hybridized carbons (Fsp3) is 0.478. The summed E-state index contributed by atoms with van der Waals surface area (Å²) in [6.07, 6.45) is 2.56. The van der Waals surface area contributed by atoms with Crippen molar-refractivity contribution in [2.24, 2.45) is 5.92 Å². The molecule has 4 rings (SSSR count). The van der Waals surface area contributed by atoms with Crippen molar-refractivity contribution in [1.82, 2.24) is 9.80 Å². The summed E-state index contributed by atoms with van der Waals surface area (Å²) >= 11 is 1.60. The molecular weight excluding hydrogens is 382 g/mol. The average Bonchev–Trinajstić information content (AvgIpc) is 3.16. The quantitative estimate of drug-likeness (QED) is 0.779. The van der Waals surface area contributed by atoms with Gasteiger partial charge in [0.15, 0.2) is 0 Å². The van der Waals surface area contributed by atoms with Gasteiger partial charge in [0.05, 0.1) is 4.88 Å². The van der Waals surface area contributed by atoms with Crippen molar-refractivity contribution in [1.29, 1.82) is 0 Å². The minimum absolute atomic E-state index is 0.0458. The highest BCUT2D eigenvalue weighted by atomic mass is 32.1. The van der Waals surface area contributed by atoms with Crippen LogP contribution in [0.3, 0.4) is 0 Å². The van der Waals surface area contributed by atoms with Gasteiger partial charge in [-0.25, -0.2) is 0 Å². The summed E-state index contributed by atoms with van der Waals surface area (Å²) in [5.74, 6) is 0.385. The molecule has 2 amide bonds. The predicted octanol–water partition coefficient (Wildman–Crippen LogP) is 3.21. The Kier molecular flexibility index (Phi) is 5.63. The molecule has 0 N–H and O–H groups in total. The molecule has 1 saturated heterocycles. The molecule has 1 aromatic heterocycles. The molecule has 1 atom stereocenters. The zero-order valence-corrected chi connectivity index (χ0v) is 18.3. The number of thiophene rings is 1. The standard InChI is InChI=1S/C23H29N3O2S/c1-16-6-4-5-7-19(16)25-10-12-26(13-11-25)22(27)17-8-9-20-18(14-17)15-21(29-20)23(28)24(2)3/h4-7,15,17H,8-14H2,1-3H3/t17-/m0/s1. The first-order valence-electron chi connectivity index (χ1n) is 10.4. The third-order valence-electron chi connectivity index (χ3n) is 6.10. The summed E-state index contributed by atoms with van der Waals surface area (Å²) in [4.78, 5) is 33.5. The number of piperazine rings is 1. The molecule has 0 radical (unpaired) electrons. The van der Waals surface area contributed by atoms with Gasteiger partial charge in [0.2, 0.25) is 5.91 Å². The molecule has 2 aliphatic rings. The lowest BCUT2D eigenvalue weighted by molar-refractivity contribution is -0.136. The normalized spacial score (nSPS) is 19.1. The molecule has 5 nitrogen and oxygen atoms in total. The molecule has 2 aromatic rings. The monoisotopic (exact) mass is 411 g/mol. The van der Waals surface area contributed by atoms with Crippen LogP contribution in [0.4, 0.5) is 5.69 Å². The van der Waals surface area contributed by atoms with Gasteiger partial charge < -0.3 is 14.7 Å². The molecule has 0 spiro atoms.